The van der Waals surface area contributed by atoms with Gasteiger partial charge in [-0.15, -0.1) is 0 Å². The summed E-state index contributed by atoms with van der Waals surface area (Å²) in [5.74, 6) is 0. The van der Waals surface area contributed by atoms with E-state index in [1.807, 2.05) is 6.26 Å². The molecule has 2 aromatic rings. The maximum absolute atomic E-state index is 5.53. The summed E-state index contributed by atoms with van der Waals surface area (Å²) >= 11 is 0. The molecule has 0 fully saturated rings. The minimum Gasteiger partial charge on any atom is -0.464 e. The highest BCUT2D eigenvalue weighted by Crippen LogP contribution is 2.25. The van der Waals surface area contributed by atoms with Crippen LogP contribution in [-0.2, 0) is 6.42 Å². The van der Waals surface area contributed by atoms with Crippen LogP contribution in [0.1, 0.15) is 30.0 Å². The van der Waals surface area contributed by atoms with E-state index in [0.717, 1.165) is 18.4 Å². The van der Waals surface area contributed by atoms with Crippen molar-refractivity contribution in [3.63, 3.8) is 0 Å². The van der Waals surface area contributed by atoms with Gasteiger partial charge < -0.3 is 4.42 Å². The number of benzene rings is 1. The Morgan fingerprint density at radius 1 is 1.19 bits per heavy atom. The quantitative estimate of drug-likeness (QED) is 0.683. The largest absolute Gasteiger partial charge is 0.464 e. The monoisotopic (exact) mass is 214 g/mol. The summed E-state index contributed by atoms with van der Waals surface area (Å²) in [5, 5.41) is 1.24. The SMILES string of the molecule is CC=CCCc1cc2occ(C)c2cc1C. The molecular weight excluding hydrogens is 196 g/mol. The van der Waals surface area contributed by atoms with E-state index in [0.29, 0.717) is 0 Å². The lowest BCUT2D eigenvalue weighted by Crippen LogP contribution is -1.88. The van der Waals surface area contributed by atoms with E-state index in [9.17, 15) is 0 Å². The van der Waals surface area contributed by atoms with Crippen molar-refractivity contribution < 1.29 is 4.42 Å². The molecular formula is C15H18O. The first kappa shape index (κ1) is 11.0. The van der Waals surface area contributed by atoms with Crippen LogP contribution in [0.2, 0.25) is 0 Å². The van der Waals surface area contributed by atoms with Gasteiger partial charge in [0.25, 0.3) is 0 Å². The summed E-state index contributed by atoms with van der Waals surface area (Å²) in [6.07, 6.45) is 8.33. The molecule has 0 bridgehead atoms. The molecule has 1 heterocycles. The highest BCUT2D eigenvalue weighted by Gasteiger charge is 2.05. The third-order valence-corrected chi connectivity index (χ3v) is 3.04. The van der Waals surface area contributed by atoms with E-state index in [-0.39, 0.29) is 0 Å². The maximum atomic E-state index is 5.53. The van der Waals surface area contributed by atoms with Crippen LogP contribution in [0.3, 0.4) is 0 Å². The molecule has 1 aromatic heterocycles. The van der Waals surface area contributed by atoms with Crippen LogP contribution in [0.25, 0.3) is 11.0 Å². The number of rotatable bonds is 3. The van der Waals surface area contributed by atoms with Crippen molar-refractivity contribution in [3.05, 3.63) is 47.2 Å². The second-order valence-electron chi connectivity index (χ2n) is 4.30. The summed E-state index contributed by atoms with van der Waals surface area (Å²) in [4.78, 5) is 0. The summed E-state index contributed by atoms with van der Waals surface area (Å²) in [6.45, 7) is 6.33. The molecule has 0 atom stereocenters. The molecule has 1 aromatic carbocycles. The molecule has 0 N–H and O–H groups in total. The van der Waals surface area contributed by atoms with E-state index >= 15 is 0 Å². The van der Waals surface area contributed by atoms with Crippen molar-refractivity contribution in [3.8, 4) is 0 Å². The summed E-state index contributed by atoms with van der Waals surface area (Å²) in [5.41, 5.74) is 4.98. The van der Waals surface area contributed by atoms with Crippen LogP contribution < -0.4 is 0 Å². The normalized spacial score (nSPS) is 11.7. The van der Waals surface area contributed by atoms with Crippen molar-refractivity contribution in [2.45, 2.75) is 33.6 Å². The Morgan fingerprint density at radius 2 is 2.00 bits per heavy atom. The second-order valence-corrected chi connectivity index (χ2v) is 4.30. The molecule has 0 spiro atoms. The molecule has 0 unspecified atom stereocenters. The predicted octanol–water partition coefficient (Wildman–Crippen LogP) is 4.56. The van der Waals surface area contributed by atoms with Gasteiger partial charge in [0.1, 0.15) is 5.58 Å². The molecule has 0 aliphatic carbocycles. The maximum Gasteiger partial charge on any atom is 0.134 e. The fourth-order valence-electron chi connectivity index (χ4n) is 2.03. The summed E-state index contributed by atoms with van der Waals surface area (Å²) in [6, 6.07) is 4.42. The van der Waals surface area contributed by atoms with Gasteiger partial charge in [0, 0.05) is 5.39 Å². The van der Waals surface area contributed by atoms with Gasteiger partial charge in [-0.05, 0) is 62.4 Å². The molecule has 1 heteroatoms. The summed E-state index contributed by atoms with van der Waals surface area (Å²) < 4.78 is 5.53. The number of hydrogen-bond acceptors (Lipinski definition) is 1. The van der Waals surface area contributed by atoms with Crippen LogP contribution in [-0.4, -0.2) is 0 Å². The third-order valence-electron chi connectivity index (χ3n) is 3.04. The predicted molar refractivity (Wildman–Crippen MR) is 68.8 cm³/mol. The van der Waals surface area contributed by atoms with Crippen LogP contribution in [0.4, 0.5) is 0 Å². The number of hydrogen-bond donors (Lipinski definition) is 0. The first-order valence-corrected chi connectivity index (χ1v) is 5.81. The Kier molecular flexibility index (Phi) is 3.14. The van der Waals surface area contributed by atoms with E-state index in [1.54, 1.807) is 0 Å². The molecule has 16 heavy (non-hydrogen) atoms. The van der Waals surface area contributed by atoms with Gasteiger partial charge in [-0.1, -0.05) is 12.2 Å². The molecule has 0 amide bonds. The Hall–Kier alpha value is -1.50. The van der Waals surface area contributed by atoms with Crippen LogP contribution in [0.15, 0.2) is 35.0 Å². The first-order valence-electron chi connectivity index (χ1n) is 5.81. The lowest BCUT2D eigenvalue weighted by Gasteiger charge is -2.04. The fourth-order valence-corrected chi connectivity index (χ4v) is 2.03. The van der Waals surface area contributed by atoms with Crippen LogP contribution in [0, 0.1) is 13.8 Å². The lowest BCUT2D eigenvalue weighted by molar-refractivity contribution is 0.612. The molecule has 2 rings (SSSR count). The van der Waals surface area contributed by atoms with Crippen molar-refractivity contribution in [2.24, 2.45) is 0 Å². The average molecular weight is 214 g/mol. The van der Waals surface area contributed by atoms with E-state index < -0.39 is 0 Å². The lowest BCUT2D eigenvalue weighted by atomic mass is 10.0. The topological polar surface area (TPSA) is 13.1 Å². The molecule has 0 saturated heterocycles. The van der Waals surface area contributed by atoms with Gasteiger partial charge >= 0.3 is 0 Å². The van der Waals surface area contributed by atoms with Crippen LogP contribution in [0.5, 0.6) is 0 Å². The first-order chi connectivity index (χ1) is 7.72. The van der Waals surface area contributed by atoms with Crippen molar-refractivity contribution in [1.29, 1.82) is 0 Å². The Balaban J connectivity index is 2.35. The highest BCUT2D eigenvalue weighted by molar-refractivity contribution is 5.82. The molecule has 0 saturated carbocycles. The van der Waals surface area contributed by atoms with Gasteiger partial charge in [-0.2, -0.15) is 0 Å². The Labute approximate surface area is 96.8 Å². The third kappa shape index (κ3) is 2.04. The number of aryl methyl sites for hydroxylation is 3. The zero-order valence-corrected chi connectivity index (χ0v) is 10.2. The highest BCUT2D eigenvalue weighted by atomic mass is 16.3. The molecule has 1 nitrogen and oxygen atoms in total. The van der Waals surface area contributed by atoms with E-state index in [2.05, 4.69) is 45.1 Å². The van der Waals surface area contributed by atoms with Gasteiger partial charge in [-0.25, -0.2) is 0 Å². The summed E-state index contributed by atoms with van der Waals surface area (Å²) in [7, 11) is 0. The molecule has 0 aliphatic heterocycles. The molecule has 0 radical (unpaired) electrons. The van der Waals surface area contributed by atoms with E-state index in [4.69, 9.17) is 4.42 Å². The van der Waals surface area contributed by atoms with Crippen LogP contribution >= 0.6 is 0 Å². The minimum atomic E-state index is 1.01. The van der Waals surface area contributed by atoms with Gasteiger partial charge in [0.2, 0.25) is 0 Å². The van der Waals surface area contributed by atoms with Crippen molar-refractivity contribution >= 4 is 11.0 Å². The standard InChI is InChI=1S/C15H18O/c1-4-5-6-7-13-9-15-14(8-11(13)2)12(3)10-16-15/h4-5,8-10H,6-7H2,1-3H3. The van der Waals surface area contributed by atoms with E-state index in [1.165, 1.54) is 22.1 Å². The zero-order valence-electron chi connectivity index (χ0n) is 10.2. The van der Waals surface area contributed by atoms with Gasteiger partial charge in [0.15, 0.2) is 0 Å². The van der Waals surface area contributed by atoms with Gasteiger partial charge in [0.05, 0.1) is 6.26 Å². The van der Waals surface area contributed by atoms with Crippen molar-refractivity contribution in [1.82, 2.24) is 0 Å². The van der Waals surface area contributed by atoms with Crippen molar-refractivity contribution in [2.75, 3.05) is 0 Å². The molecule has 84 valence electrons. The average Bonchev–Trinajstić information content (AvgIpc) is 2.61. The second kappa shape index (κ2) is 4.56. The Bertz CT molecular complexity index is 517. The number of furan rings is 1. The Morgan fingerprint density at radius 3 is 2.75 bits per heavy atom. The number of fused-ring (bicyclic) bond motifs is 1. The van der Waals surface area contributed by atoms with Gasteiger partial charge in [-0.3, -0.25) is 0 Å². The molecule has 0 aliphatic rings. The zero-order chi connectivity index (χ0) is 11.5. The number of allylic oxidation sites excluding steroid dienone is 2. The minimum absolute atomic E-state index is 1.01. The smallest absolute Gasteiger partial charge is 0.134 e. The fraction of sp³-hybridized carbons (Fsp3) is 0.333.